The molecule has 0 aliphatic heterocycles. The molecule has 2 N–H and O–H groups in total. The van der Waals surface area contributed by atoms with Crippen LogP contribution in [0.4, 0.5) is 0 Å². The molecule has 0 amide bonds. The molecule has 1 aromatic heterocycles. The number of rotatable bonds is 1. The van der Waals surface area contributed by atoms with Crippen LogP contribution in [0.15, 0.2) is 22.6 Å². The monoisotopic (exact) mass is 230 g/mol. The van der Waals surface area contributed by atoms with Gasteiger partial charge in [0.05, 0.1) is 5.54 Å². The second-order valence-corrected chi connectivity index (χ2v) is 5.16. The highest BCUT2D eigenvalue weighted by Crippen LogP contribution is 2.36. The number of oxazole rings is 1. The molecule has 0 saturated heterocycles. The van der Waals surface area contributed by atoms with Crippen molar-refractivity contribution in [2.75, 3.05) is 0 Å². The van der Waals surface area contributed by atoms with Crippen LogP contribution in [0.1, 0.15) is 43.6 Å². The van der Waals surface area contributed by atoms with Crippen LogP contribution in [0.25, 0.3) is 11.1 Å². The highest BCUT2D eigenvalue weighted by molar-refractivity contribution is 5.76. The second kappa shape index (κ2) is 3.84. The van der Waals surface area contributed by atoms with E-state index in [1.807, 2.05) is 25.1 Å². The van der Waals surface area contributed by atoms with E-state index in [4.69, 9.17) is 10.2 Å². The minimum Gasteiger partial charge on any atom is -0.438 e. The first-order valence-electron chi connectivity index (χ1n) is 6.35. The Morgan fingerprint density at radius 1 is 1.24 bits per heavy atom. The number of fused-ring (bicyclic) bond motifs is 1. The summed E-state index contributed by atoms with van der Waals surface area (Å²) in [5, 5.41) is 0. The van der Waals surface area contributed by atoms with Gasteiger partial charge in [0, 0.05) is 0 Å². The summed E-state index contributed by atoms with van der Waals surface area (Å²) in [6.45, 7) is 2.04. The molecule has 3 nitrogen and oxygen atoms in total. The summed E-state index contributed by atoms with van der Waals surface area (Å²) in [5.74, 6) is 0.724. The van der Waals surface area contributed by atoms with Gasteiger partial charge in [-0.1, -0.05) is 31.4 Å². The summed E-state index contributed by atoms with van der Waals surface area (Å²) in [6, 6.07) is 6.04. The van der Waals surface area contributed by atoms with E-state index < -0.39 is 0 Å². The molecule has 2 aromatic rings. The second-order valence-electron chi connectivity index (χ2n) is 5.16. The maximum Gasteiger partial charge on any atom is 0.215 e. The van der Waals surface area contributed by atoms with E-state index in [1.165, 1.54) is 19.3 Å². The van der Waals surface area contributed by atoms with Gasteiger partial charge in [0.1, 0.15) is 5.52 Å². The van der Waals surface area contributed by atoms with Crippen molar-refractivity contribution in [2.24, 2.45) is 5.73 Å². The Balaban J connectivity index is 2.08. The van der Waals surface area contributed by atoms with Crippen LogP contribution in [-0.4, -0.2) is 4.98 Å². The summed E-state index contributed by atoms with van der Waals surface area (Å²) in [5.41, 5.74) is 9.03. The predicted molar refractivity (Wildman–Crippen MR) is 67.7 cm³/mol. The lowest BCUT2D eigenvalue weighted by atomic mass is 9.82. The van der Waals surface area contributed by atoms with Crippen LogP contribution in [0.2, 0.25) is 0 Å². The van der Waals surface area contributed by atoms with E-state index in [0.29, 0.717) is 0 Å². The zero-order valence-corrected chi connectivity index (χ0v) is 10.2. The standard InChI is InChI=1S/C14H18N2O/c1-10-6-5-7-11-12(10)17-13(16-11)14(15)8-3-2-4-9-14/h5-7H,2-4,8-9,15H2,1H3. The molecule has 0 radical (unpaired) electrons. The number of nitrogens with zero attached hydrogens (tertiary/aromatic N) is 1. The molecular formula is C14H18N2O. The summed E-state index contributed by atoms with van der Waals surface area (Å²) >= 11 is 0. The number of aryl methyl sites for hydroxylation is 1. The predicted octanol–water partition coefficient (Wildman–Crippen LogP) is 3.25. The van der Waals surface area contributed by atoms with Crippen molar-refractivity contribution in [1.82, 2.24) is 4.98 Å². The van der Waals surface area contributed by atoms with Crippen molar-refractivity contribution in [3.8, 4) is 0 Å². The molecule has 1 saturated carbocycles. The van der Waals surface area contributed by atoms with Gasteiger partial charge in [-0.25, -0.2) is 4.98 Å². The molecule has 1 fully saturated rings. The van der Waals surface area contributed by atoms with E-state index in [9.17, 15) is 0 Å². The number of hydrogen-bond acceptors (Lipinski definition) is 3. The largest absolute Gasteiger partial charge is 0.438 e. The number of nitrogens with two attached hydrogens (primary N) is 1. The Labute approximate surface area is 101 Å². The minimum atomic E-state index is -0.344. The van der Waals surface area contributed by atoms with Crippen molar-refractivity contribution < 1.29 is 4.42 Å². The first-order chi connectivity index (χ1) is 8.19. The fourth-order valence-corrected chi connectivity index (χ4v) is 2.70. The molecule has 1 aliphatic rings. The lowest BCUT2D eigenvalue weighted by Crippen LogP contribution is -2.38. The molecule has 3 heteroatoms. The average Bonchev–Trinajstić information content (AvgIpc) is 2.76. The fourth-order valence-electron chi connectivity index (χ4n) is 2.70. The van der Waals surface area contributed by atoms with Gasteiger partial charge >= 0.3 is 0 Å². The third kappa shape index (κ3) is 1.75. The molecule has 1 heterocycles. The Hall–Kier alpha value is -1.35. The highest BCUT2D eigenvalue weighted by atomic mass is 16.4. The van der Waals surface area contributed by atoms with Gasteiger partial charge in [-0.05, 0) is 31.4 Å². The molecule has 1 aliphatic carbocycles. The van der Waals surface area contributed by atoms with Gasteiger partial charge in [0.2, 0.25) is 5.89 Å². The molecule has 3 rings (SSSR count). The molecule has 17 heavy (non-hydrogen) atoms. The molecule has 0 unspecified atom stereocenters. The molecule has 1 aromatic carbocycles. The van der Waals surface area contributed by atoms with Crippen LogP contribution >= 0.6 is 0 Å². The summed E-state index contributed by atoms with van der Waals surface area (Å²) in [7, 11) is 0. The normalized spacial score (nSPS) is 19.6. The van der Waals surface area contributed by atoms with E-state index >= 15 is 0 Å². The Kier molecular flexibility index (Phi) is 2.44. The van der Waals surface area contributed by atoms with Gasteiger partial charge in [-0.15, -0.1) is 0 Å². The maximum atomic E-state index is 6.44. The average molecular weight is 230 g/mol. The van der Waals surface area contributed by atoms with E-state index in [-0.39, 0.29) is 5.54 Å². The topological polar surface area (TPSA) is 52.0 Å². The number of aromatic nitrogens is 1. The zero-order chi connectivity index (χ0) is 11.9. The van der Waals surface area contributed by atoms with Gasteiger partial charge in [-0.2, -0.15) is 0 Å². The van der Waals surface area contributed by atoms with Gasteiger partial charge in [0.15, 0.2) is 5.58 Å². The van der Waals surface area contributed by atoms with Crippen molar-refractivity contribution in [1.29, 1.82) is 0 Å². The van der Waals surface area contributed by atoms with Crippen LogP contribution in [0, 0.1) is 6.92 Å². The van der Waals surface area contributed by atoms with Crippen LogP contribution in [-0.2, 0) is 5.54 Å². The maximum absolute atomic E-state index is 6.44. The van der Waals surface area contributed by atoms with E-state index in [2.05, 4.69) is 4.98 Å². The Bertz CT molecular complexity index is 538. The van der Waals surface area contributed by atoms with Crippen LogP contribution in [0.3, 0.4) is 0 Å². The first kappa shape index (κ1) is 10.8. The van der Waals surface area contributed by atoms with E-state index in [0.717, 1.165) is 35.4 Å². The molecule has 0 spiro atoms. The number of benzene rings is 1. The smallest absolute Gasteiger partial charge is 0.215 e. The van der Waals surface area contributed by atoms with Gasteiger partial charge in [0.25, 0.3) is 0 Å². The molecular weight excluding hydrogens is 212 g/mol. The van der Waals surface area contributed by atoms with Crippen LogP contribution in [0.5, 0.6) is 0 Å². The molecule has 0 atom stereocenters. The van der Waals surface area contributed by atoms with E-state index in [1.54, 1.807) is 0 Å². The zero-order valence-electron chi connectivity index (χ0n) is 10.2. The number of para-hydroxylation sites is 1. The fraction of sp³-hybridized carbons (Fsp3) is 0.500. The Morgan fingerprint density at radius 2 is 2.00 bits per heavy atom. The third-order valence-corrected chi connectivity index (χ3v) is 3.78. The van der Waals surface area contributed by atoms with Crippen LogP contribution < -0.4 is 5.73 Å². The summed E-state index contributed by atoms with van der Waals surface area (Å²) in [6.07, 6.45) is 5.60. The first-order valence-corrected chi connectivity index (χ1v) is 6.35. The quantitative estimate of drug-likeness (QED) is 0.818. The summed E-state index contributed by atoms with van der Waals surface area (Å²) in [4.78, 5) is 4.58. The highest BCUT2D eigenvalue weighted by Gasteiger charge is 2.34. The minimum absolute atomic E-state index is 0.344. The lowest BCUT2D eigenvalue weighted by molar-refractivity contribution is 0.247. The van der Waals surface area contributed by atoms with Gasteiger partial charge in [-0.3, -0.25) is 0 Å². The Morgan fingerprint density at radius 3 is 2.71 bits per heavy atom. The SMILES string of the molecule is Cc1cccc2nc(C3(N)CCCCC3)oc12. The van der Waals surface area contributed by atoms with Crippen molar-refractivity contribution >= 4 is 11.1 Å². The van der Waals surface area contributed by atoms with Crippen molar-refractivity contribution in [3.63, 3.8) is 0 Å². The van der Waals surface area contributed by atoms with Crippen molar-refractivity contribution in [2.45, 2.75) is 44.6 Å². The molecule has 90 valence electrons. The summed E-state index contributed by atoms with van der Waals surface area (Å²) < 4.78 is 5.91. The van der Waals surface area contributed by atoms with Gasteiger partial charge < -0.3 is 10.2 Å². The number of hydrogen-bond donors (Lipinski definition) is 1. The lowest BCUT2D eigenvalue weighted by Gasteiger charge is -2.29. The third-order valence-electron chi connectivity index (χ3n) is 3.78. The van der Waals surface area contributed by atoms with Crippen molar-refractivity contribution in [3.05, 3.63) is 29.7 Å². The molecule has 0 bridgehead atoms.